The molecule has 0 unspecified atom stereocenters. The minimum atomic E-state index is -0.371. The summed E-state index contributed by atoms with van der Waals surface area (Å²) in [5, 5.41) is 11.9. The Kier molecular flexibility index (Phi) is 4.08. The maximum Gasteiger partial charge on any atom is 0.292 e. The number of benzene rings is 2. The third-order valence-electron chi connectivity index (χ3n) is 4.59. The van der Waals surface area contributed by atoms with E-state index in [4.69, 9.17) is 0 Å². The highest BCUT2D eigenvalue weighted by atomic mass is 19.1. The van der Waals surface area contributed by atoms with Crippen molar-refractivity contribution in [2.45, 2.75) is 0 Å². The molecule has 0 atom stereocenters. The minimum Gasteiger partial charge on any atom is -0.362 e. The van der Waals surface area contributed by atoms with Crippen molar-refractivity contribution in [3.05, 3.63) is 64.7 Å². The van der Waals surface area contributed by atoms with E-state index < -0.39 is 0 Å². The molecule has 2 heterocycles. The third-order valence-corrected chi connectivity index (χ3v) is 4.59. The van der Waals surface area contributed by atoms with E-state index in [9.17, 15) is 14.5 Å². The molecule has 1 aliphatic rings. The number of rotatable bonds is 3. The molecule has 0 spiro atoms. The molecular formula is C18H16FN5O2. The highest BCUT2D eigenvalue weighted by molar-refractivity contribution is 5.89. The monoisotopic (exact) mass is 353 g/mol. The van der Waals surface area contributed by atoms with Crippen molar-refractivity contribution >= 4 is 28.1 Å². The van der Waals surface area contributed by atoms with Gasteiger partial charge in [0.25, 0.3) is 5.69 Å². The number of nitrogens with zero attached hydrogens (tertiary/aromatic N) is 5. The molecule has 0 saturated carbocycles. The van der Waals surface area contributed by atoms with Gasteiger partial charge in [-0.3, -0.25) is 10.1 Å². The van der Waals surface area contributed by atoms with Crippen molar-refractivity contribution in [1.29, 1.82) is 0 Å². The third kappa shape index (κ3) is 2.79. The van der Waals surface area contributed by atoms with Gasteiger partial charge in [-0.25, -0.2) is 14.4 Å². The SMILES string of the molecule is O=[N+]([O-])c1ccccc1N1CCN(c2ncnc3c(F)cccc23)CC1. The first-order valence-electron chi connectivity index (χ1n) is 8.27. The molecule has 0 radical (unpaired) electrons. The molecule has 3 aromatic rings. The van der Waals surface area contributed by atoms with E-state index in [1.807, 2.05) is 11.0 Å². The van der Waals surface area contributed by atoms with E-state index in [-0.39, 0.29) is 16.4 Å². The Morgan fingerprint density at radius 1 is 0.962 bits per heavy atom. The number of fused-ring (bicyclic) bond motifs is 1. The van der Waals surface area contributed by atoms with Crippen LogP contribution in [0.5, 0.6) is 0 Å². The van der Waals surface area contributed by atoms with Crippen LogP contribution in [0.15, 0.2) is 48.8 Å². The molecule has 2 aromatic carbocycles. The van der Waals surface area contributed by atoms with Crippen LogP contribution in [0, 0.1) is 15.9 Å². The molecule has 1 saturated heterocycles. The number of nitro benzene ring substituents is 1. The van der Waals surface area contributed by atoms with Gasteiger partial charge in [-0.05, 0) is 18.2 Å². The Bertz CT molecular complexity index is 973. The summed E-state index contributed by atoms with van der Waals surface area (Å²) >= 11 is 0. The predicted octanol–water partition coefficient (Wildman–Crippen LogP) is 3.00. The number of halogens is 1. The zero-order chi connectivity index (χ0) is 18.1. The van der Waals surface area contributed by atoms with Gasteiger partial charge in [-0.1, -0.05) is 18.2 Å². The Labute approximate surface area is 148 Å². The molecule has 4 rings (SSSR count). The zero-order valence-electron chi connectivity index (χ0n) is 13.9. The lowest BCUT2D eigenvalue weighted by atomic mass is 10.2. The number of hydrogen-bond acceptors (Lipinski definition) is 6. The van der Waals surface area contributed by atoms with Gasteiger partial charge < -0.3 is 9.80 Å². The average Bonchev–Trinajstić information content (AvgIpc) is 2.68. The summed E-state index contributed by atoms with van der Waals surface area (Å²) in [4.78, 5) is 23.3. The van der Waals surface area contributed by atoms with Gasteiger partial charge in [0.1, 0.15) is 29.2 Å². The van der Waals surface area contributed by atoms with Crippen molar-refractivity contribution < 1.29 is 9.31 Å². The van der Waals surface area contributed by atoms with Crippen LogP contribution in [0.3, 0.4) is 0 Å². The molecule has 0 amide bonds. The van der Waals surface area contributed by atoms with Gasteiger partial charge in [-0.15, -0.1) is 0 Å². The number of nitro groups is 1. The first-order chi connectivity index (χ1) is 12.6. The molecule has 1 aliphatic heterocycles. The van der Waals surface area contributed by atoms with E-state index in [0.29, 0.717) is 48.6 Å². The number of hydrogen-bond donors (Lipinski definition) is 0. The van der Waals surface area contributed by atoms with Gasteiger partial charge in [-0.2, -0.15) is 0 Å². The van der Waals surface area contributed by atoms with Crippen molar-refractivity contribution in [3.63, 3.8) is 0 Å². The summed E-state index contributed by atoms with van der Waals surface area (Å²) < 4.78 is 14.0. The summed E-state index contributed by atoms with van der Waals surface area (Å²) in [6, 6.07) is 11.6. The van der Waals surface area contributed by atoms with Crippen LogP contribution in [0.4, 0.5) is 21.6 Å². The zero-order valence-corrected chi connectivity index (χ0v) is 13.9. The van der Waals surface area contributed by atoms with E-state index >= 15 is 0 Å². The van der Waals surface area contributed by atoms with Gasteiger partial charge >= 0.3 is 0 Å². The minimum absolute atomic E-state index is 0.107. The fourth-order valence-corrected chi connectivity index (χ4v) is 3.33. The number of aromatic nitrogens is 2. The number of piperazine rings is 1. The molecule has 26 heavy (non-hydrogen) atoms. The van der Waals surface area contributed by atoms with E-state index in [1.165, 1.54) is 18.5 Å². The molecule has 0 bridgehead atoms. The van der Waals surface area contributed by atoms with E-state index in [1.54, 1.807) is 24.3 Å². The fourth-order valence-electron chi connectivity index (χ4n) is 3.33. The van der Waals surface area contributed by atoms with Crippen LogP contribution in [0.25, 0.3) is 10.9 Å². The maximum absolute atomic E-state index is 14.0. The summed E-state index contributed by atoms with van der Waals surface area (Å²) in [5.41, 5.74) is 1.03. The Balaban J connectivity index is 1.59. The second kappa shape index (κ2) is 6.55. The van der Waals surface area contributed by atoms with Gasteiger partial charge in [0.05, 0.1) is 4.92 Å². The Morgan fingerprint density at radius 2 is 1.69 bits per heavy atom. The molecule has 0 aliphatic carbocycles. The second-order valence-corrected chi connectivity index (χ2v) is 6.05. The van der Waals surface area contributed by atoms with E-state index in [0.717, 1.165) is 0 Å². The first kappa shape index (κ1) is 16.2. The summed E-state index contributed by atoms with van der Waals surface area (Å²) in [5.74, 6) is 0.321. The van der Waals surface area contributed by atoms with Crippen LogP contribution in [0.2, 0.25) is 0 Å². The van der Waals surface area contributed by atoms with Crippen LogP contribution >= 0.6 is 0 Å². The highest BCUT2D eigenvalue weighted by Gasteiger charge is 2.24. The number of para-hydroxylation sites is 3. The molecule has 7 nitrogen and oxygen atoms in total. The standard InChI is InChI=1S/C18H16FN5O2/c19-14-5-3-4-13-17(14)20-12-21-18(13)23-10-8-22(9-11-23)15-6-1-2-7-16(15)24(25)26/h1-7,12H,8-11H2. The maximum atomic E-state index is 14.0. The molecule has 1 fully saturated rings. The predicted molar refractivity (Wildman–Crippen MR) is 97.0 cm³/mol. The topological polar surface area (TPSA) is 75.4 Å². The van der Waals surface area contributed by atoms with E-state index in [2.05, 4.69) is 14.9 Å². The largest absolute Gasteiger partial charge is 0.362 e. The fraction of sp³-hybridized carbons (Fsp3) is 0.222. The first-order valence-corrected chi connectivity index (χ1v) is 8.27. The number of anilines is 2. The van der Waals surface area contributed by atoms with Crippen LogP contribution in [-0.4, -0.2) is 41.1 Å². The second-order valence-electron chi connectivity index (χ2n) is 6.05. The normalized spacial score (nSPS) is 14.7. The molecule has 132 valence electrons. The summed E-state index contributed by atoms with van der Waals surface area (Å²) in [6.45, 7) is 2.50. The van der Waals surface area contributed by atoms with Crippen molar-refractivity contribution in [3.8, 4) is 0 Å². The van der Waals surface area contributed by atoms with Crippen LogP contribution < -0.4 is 9.80 Å². The quantitative estimate of drug-likeness (QED) is 0.532. The van der Waals surface area contributed by atoms with Crippen LogP contribution in [0.1, 0.15) is 0 Å². The van der Waals surface area contributed by atoms with Crippen molar-refractivity contribution in [2.24, 2.45) is 0 Å². The van der Waals surface area contributed by atoms with Crippen LogP contribution in [-0.2, 0) is 0 Å². The summed E-state index contributed by atoms with van der Waals surface area (Å²) in [7, 11) is 0. The Morgan fingerprint density at radius 3 is 2.46 bits per heavy atom. The Hall–Kier alpha value is -3.29. The average molecular weight is 353 g/mol. The molecular weight excluding hydrogens is 337 g/mol. The molecule has 1 aromatic heterocycles. The molecule has 0 N–H and O–H groups in total. The lowest BCUT2D eigenvalue weighted by Crippen LogP contribution is -2.47. The van der Waals surface area contributed by atoms with Gasteiger partial charge in [0, 0.05) is 37.6 Å². The lowest BCUT2D eigenvalue weighted by Gasteiger charge is -2.36. The molecule has 8 heteroatoms. The van der Waals surface area contributed by atoms with Crippen molar-refractivity contribution in [2.75, 3.05) is 36.0 Å². The smallest absolute Gasteiger partial charge is 0.292 e. The highest BCUT2D eigenvalue weighted by Crippen LogP contribution is 2.30. The van der Waals surface area contributed by atoms with Gasteiger partial charge in [0.2, 0.25) is 0 Å². The summed E-state index contributed by atoms with van der Waals surface area (Å²) in [6.07, 6.45) is 1.37. The lowest BCUT2D eigenvalue weighted by molar-refractivity contribution is -0.384. The van der Waals surface area contributed by atoms with Crippen molar-refractivity contribution in [1.82, 2.24) is 9.97 Å². The van der Waals surface area contributed by atoms with Gasteiger partial charge in [0.15, 0.2) is 0 Å².